The molecule has 20 aromatic carbocycles. The first-order valence-corrected chi connectivity index (χ1v) is 39.6. The Morgan fingerprint density at radius 2 is 0.265 bits per heavy atom. The zero-order valence-corrected chi connectivity index (χ0v) is 63.6. The van der Waals surface area contributed by atoms with Crippen LogP contribution in [0.25, 0.3) is 275 Å². The summed E-state index contributed by atoms with van der Waals surface area (Å²) in [7, 11) is 0. The molecule has 0 amide bonds. The van der Waals surface area contributed by atoms with Gasteiger partial charge in [0.1, 0.15) is 112 Å². The molecule has 0 aromatic heterocycles. The minimum atomic E-state index is 0.874. The molecular weight excluding hydrogens is 1600 g/mol. The molecule has 113 heavy (non-hydrogen) atoms. The molecule has 0 spiro atoms. The van der Waals surface area contributed by atoms with Crippen LogP contribution in [0.4, 0.5) is 0 Å². The summed E-state index contributed by atoms with van der Waals surface area (Å²) in [6, 6.07) is 96.8. The first-order chi connectivity index (χ1) is 55.7. The molecule has 0 atom stereocenters. The fourth-order valence-corrected chi connectivity index (χ4v) is 20.1. The Hall–Kier alpha value is -13.6. The molecule has 10 nitrogen and oxygen atoms in total. The summed E-state index contributed by atoms with van der Waals surface area (Å²) in [6.45, 7) is 0. The van der Waals surface area contributed by atoms with E-state index in [2.05, 4.69) is 199 Å². The van der Waals surface area contributed by atoms with Gasteiger partial charge >= 0.3 is 0 Å². The Morgan fingerprint density at radius 3 is 0.442 bits per heavy atom. The highest BCUT2D eigenvalue weighted by molar-refractivity contribution is 9.11. The normalized spacial score (nSPS) is 12.6. The predicted molar refractivity (Wildman–Crippen MR) is 467 cm³/mol. The summed E-state index contributed by atoms with van der Waals surface area (Å²) in [5.74, 6) is 0. The summed E-state index contributed by atoms with van der Waals surface area (Å²) in [4.78, 5) is 0. The Kier molecular flexibility index (Phi) is 12.6. The fraction of sp³-hybridized carbons (Fsp3) is 0. The monoisotopic (exact) mass is 1640 g/mol. The van der Waals surface area contributed by atoms with Gasteiger partial charge in [-0.15, -0.1) is 0 Å². The number of benzene rings is 20. The van der Waals surface area contributed by atoms with Gasteiger partial charge in [0.25, 0.3) is 0 Å². The summed E-state index contributed by atoms with van der Waals surface area (Å²) >= 11 is 11.0. The lowest BCUT2D eigenvalue weighted by Gasteiger charge is -2.20. The van der Waals surface area contributed by atoms with Crippen molar-refractivity contribution in [2.75, 3.05) is 0 Å². The molecule has 0 radical (unpaired) electrons. The van der Waals surface area contributed by atoms with Gasteiger partial charge in [0.15, 0.2) is 0 Å². The van der Waals surface area contributed by atoms with E-state index >= 15 is 0 Å². The van der Waals surface area contributed by atoms with E-state index in [4.69, 9.17) is 44.2 Å². The topological polar surface area (TPSA) is 131 Å². The van der Waals surface area contributed by atoms with Crippen LogP contribution < -0.4 is 0 Å². The number of hydrogen-bond acceptors (Lipinski definition) is 10. The van der Waals surface area contributed by atoms with E-state index in [0.717, 1.165) is 217 Å². The maximum absolute atomic E-state index is 6.24. The van der Waals surface area contributed by atoms with Gasteiger partial charge in [0.2, 0.25) is 0 Å². The molecule has 13 heteroatoms. The van der Waals surface area contributed by atoms with Crippen molar-refractivity contribution >= 4 is 267 Å². The van der Waals surface area contributed by atoms with Crippen LogP contribution in [0.2, 0.25) is 0 Å². The molecule has 0 N–H and O–H groups in total. The van der Waals surface area contributed by atoms with Crippen molar-refractivity contribution in [3.8, 4) is 55.6 Å². The zero-order chi connectivity index (χ0) is 73.9. The molecule has 0 unspecified atom stereocenters. The summed E-state index contributed by atoms with van der Waals surface area (Å²) in [5.41, 5.74) is 29.5. The van der Waals surface area contributed by atoms with Crippen LogP contribution in [0.5, 0.6) is 0 Å². The quantitative estimate of drug-likeness (QED) is 0.107. The molecule has 0 bridgehead atoms. The highest BCUT2D eigenvalue weighted by Crippen LogP contribution is 2.55. The van der Waals surface area contributed by atoms with Crippen molar-refractivity contribution in [3.63, 3.8) is 0 Å². The van der Waals surface area contributed by atoms with E-state index in [1.54, 1.807) is 0 Å². The van der Waals surface area contributed by atoms with Gasteiger partial charge in [0.05, 0.1) is 0 Å². The van der Waals surface area contributed by atoms with Crippen molar-refractivity contribution in [2.24, 2.45) is 0 Å². The lowest BCUT2D eigenvalue weighted by molar-refractivity contribution is 0.646. The van der Waals surface area contributed by atoms with Crippen LogP contribution in [-0.2, 0) is 0 Å². The lowest BCUT2D eigenvalue weighted by atomic mass is 9.90. The minimum absolute atomic E-state index is 0.874. The summed E-state index contributed by atoms with van der Waals surface area (Å²) < 4.78 is 65.2. The molecule has 0 aliphatic carbocycles. The Labute approximate surface area is 660 Å². The lowest BCUT2D eigenvalue weighted by Crippen LogP contribution is -1.94. The molecule has 10 aliphatic heterocycles. The standard InChI is InChI=1S/C20H8Br2O2.C20H9BrO2.3C20H10O2/c21-11-3-7-13-17-9(11)1-5-15-19(17)20-16(24-13)6-2-10-12(22)4-8-14(23-15)18(10)20;21-12-6-9-14-18-11(12)5-8-16-20(18)19-15(23-14)7-4-10-2-1-3-13(22-16)17(10)19;3*1-3-11-7-9-16-19-17(11)13(5-1)21-15-10-8-12-4-2-6-14(22-16)18(12)20(15)19/h1-8H;1-9H;3*1-10H. The minimum Gasteiger partial charge on any atom is -0.456 e. The van der Waals surface area contributed by atoms with Gasteiger partial charge in [-0.2, -0.15) is 0 Å². The smallest absolute Gasteiger partial charge is 0.136 e. The summed E-state index contributed by atoms with van der Waals surface area (Å²) in [6.07, 6.45) is 0. The second kappa shape index (κ2) is 22.8. The Bertz CT molecular complexity index is 8010. The van der Waals surface area contributed by atoms with Crippen LogP contribution in [0, 0.1) is 0 Å². The molecule has 528 valence electrons. The van der Waals surface area contributed by atoms with Gasteiger partial charge in [0, 0.05) is 139 Å². The van der Waals surface area contributed by atoms with Gasteiger partial charge in [-0.1, -0.05) is 175 Å². The average Bonchev–Trinajstić information content (AvgIpc) is 0.751. The fourth-order valence-electron chi connectivity index (χ4n) is 18.7. The third kappa shape index (κ3) is 8.64. The Morgan fingerprint density at radius 1 is 0.124 bits per heavy atom. The highest BCUT2D eigenvalue weighted by atomic mass is 79.9. The van der Waals surface area contributed by atoms with E-state index in [1.165, 1.54) is 71.1 Å². The van der Waals surface area contributed by atoms with E-state index in [-0.39, 0.29) is 0 Å². The van der Waals surface area contributed by atoms with Crippen LogP contribution in [0.15, 0.2) is 343 Å². The molecule has 20 aromatic rings. The second-order valence-corrected chi connectivity index (χ2v) is 31.9. The molecule has 0 fully saturated rings. The van der Waals surface area contributed by atoms with Crippen molar-refractivity contribution in [3.05, 3.63) is 299 Å². The number of hydrogen-bond donors (Lipinski definition) is 0. The van der Waals surface area contributed by atoms with Gasteiger partial charge in [-0.3, -0.25) is 0 Å². The van der Waals surface area contributed by atoms with Crippen LogP contribution >= 0.6 is 47.8 Å². The molecule has 30 rings (SSSR count). The van der Waals surface area contributed by atoms with Crippen LogP contribution in [0.3, 0.4) is 0 Å². The van der Waals surface area contributed by atoms with E-state index in [0.29, 0.717) is 0 Å². The van der Waals surface area contributed by atoms with Gasteiger partial charge in [-0.05, 0) is 195 Å². The third-order valence-electron chi connectivity index (χ3n) is 23.4. The van der Waals surface area contributed by atoms with Gasteiger partial charge < -0.3 is 44.2 Å². The molecule has 10 heterocycles. The number of rotatable bonds is 0. The maximum atomic E-state index is 6.24. The van der Waals surface area contributed by atoms with Crippen molar-refractivity contribution in [2.45, 2.75) is 0 Å². The Balaban J connectivity index is 0.0000000780. The van der Waals surface area contributed by atoms with Gasteiger partial charge in [-0.25, -0.2) is 0 Å². The number of halogens is 3. The molecule has 0 saturated heterocycles. The van der Waals surface area contributed by atoms with E-state index < -0.39 is 0 Å². The van der Waals surface area contributed by atoms with Crippen LogP contribution in [-0.4, -0.2) is 0 Å². The van der Waals surface area contributed by atoms with Crippen LogP contribution in [0.1, 0.15) is 0 Å². The van der Waals surface area contributed by atoms with Crippen molar-refractivity contribution < 1.29 is 44.2 Å². The highest BCUT2D eigenvalue weighted by Gasteiger charge is 2.31. The predicted octanol–water partition coefficient (Wildman–Crippen LogP) is 32.4. The SMILES string of the molecule is Brc1ccc2oc3ccc4c(Br)ccc5oc6ccc1c2c6-c3c54.Brc1ccc2oc3ccc4cccc5oc6ccc1c2c6-c3c45.c1cc2ccc3oc4cccc5ccc6oc(c1)c2c3-c6c54.c1cc2ccc3oc4cccc5ccc6oc(c1)c2c3-c6c54.c1cc2ccc3oc4cccc5ccc6oc(c1)c2c3-c6c54. The average molecular weight is 1650 g/mol. The summed E-state index contributed by atoms with van der Waals surface area (Å²) in [5, 5.41) is 23.0. The van der Waals surface area contributed by atoms with E-state index in [1.807, 2.05) is 133 Å². The van der Waals surface area contributed by atoms with Crippen molar-refractivity contribution in [1.29, 1.82) is 0 Å². The van der Waals surface area contributed by atoms with E-state index in [9.17, 15) is 0 Å². The largest absolute Gasteiger partial charge is 0.456 e. The second-order valence-electron chi connectivity index (χ2n) is 29.3. The zero-order valence-electron chi connectivity index (χ0n) is 58.9. The maximum Gasteiger partial charge on any atom is 0.136 e. The molecular formula is C100H47Br3O10. The first kappa shape index (κ1) is 62.2. The molecule has 10 aliphatic rings. The third-order valence-corrected chi connectivity index (χ3v) is 25.5. The first-order valence-electron chi connectivity index (χ1n) is 37.2. The van der Waals surface area contributed by atoms with Crippen molar-refractivity contribution in [1.82, 2.24) is 0 Å². The molecule has 0 saturated carbocycles.